The van der Waals surface area contributed by atoms with Crippen molar-refractivity contribution < 1.29 is 9.59 Å². The van der Waals surface area contributed by atoms with Crippen LogP contribution in [-0.2, 0) is 9.59 Å². The van der Waals surface area contributed by atoms with Crippen molar-refractivity contribution in [2.45, 2.75) is 71.9 Å². The predicted molar refractivity (Wildman–Crippen MR) is 83.7 cm³/mol. The summed E-state index contributed by atoms with van der Waals surface area (Å²) >= 11 is 0. The lowest BCUT2D eigenvalue weighted by atomic mass is 9.86. The Morgan fingerprint density at radius 1 is 1.05 bits per heavy atom. The van der Waals surface area contributed by atoms with Gasteiger partial charge in [-0.15, -0.1) is 0 Å². The fourth-order valence-electron chi connectivity index (χ4n) is 3.72. The minimum absolute atomic E-state index is 0.0270. The number of hydrogen-bond acceptors (Lipinski definition) is 2. The van der Waals surface area contributed by atoms with Crippen LogP contribution in [0.2, 0.25) is 0 Å². The molecule has 2 unspecified atom stereocenters. The average molecular weight is 294 g/mol. The van der Waals surface area contributed by atoms with Gasteiger partial charge in [0, 0.05) is 6.54 Å². The van der Waals surface area contributed by atoms with Crippen LogP contribution < -0.4 is 5.32 Å². The van der Waals surface area contributed by atoms with Crippen molar-refractivity contribution >= 4 is 11.8 Å². The normalized spacial score (nSPS) is 28.4. The van der Waals surface area contributed by atoms with Gasteiger partial charge in [0.2, 0.25) is 11.8 Å². The van der Waals surface area contributed by atoms with E-state index in [1.54, 1.807) is 0 Å². The molecule has 2 atom stereocenters. The van der Waals surface area contributed by atoms with Crippen LogP contribution in [0.1, 0.15) is 59.8 Å². The van der Waals surface area contributed by atoms with Crippen LogP contribution in [0.25, 0.3) is 0 Å². The summed E-state index contributed by atoms with van der Waals surface area (Å²) in [6.07, 6.45) is 6.23. The zero-order chi connectivity index (χ0) is 15.6. The molecule has 1 aliphatic carbocycles. The lowest BCUT2D eigenvalue weighted by Gasteiger charge is -2.43. The van der Waals surface area contributed by atoms with E-state index in [4.69, 9.17) is 0 Å². The zero-order valence-corrected chi connectivity index (χ0v) is 13.9. The largest absolute Gasteiger partial charge is 0.342 e. The first-order chi connectivity index (χ1) is 9.91. The van der Waals surface area contributed by atoms with Crippen LogP contribution in [0.5, 0.6) is 0 Å². The van der Waals surface area contributed by atoms with Gasteiger partial charge in [0.25, 0.3) is 0 Å². The van der Waals surface area contributed by atoms with E-state index >= 15 is 0 Å². The number of nitrogens with one attached hydrogen (secondary N) is 1. The minimum atomic E-state index is -0.351. The molecule has 0 aromatic rings. The summed E-state index contributed by atoms with van der Waals surface area (Å²) in [6, 6.07) is -0.648. The molecule has 0 spiro atoms. The van der Waals surface area contributed by atoms with Crippen LogP contribution in [0.3, 0.4) is 0 Å². The Hall–Kier alpha value is -1.06. The molecule has 1 saturated heterocycles. The number of piperazine rings is 1. The maximum atomic E-state index is 12.8. The molecule has 2 amide bonds. The predicted octanol–water partition coefficient (Wildman–Crippen LogP) is 2.57. The molecule has 0 aromatic heterocycles. The fourth-order valence-corrected chi connectivity index (χ4v) is 3.72. The summed E-state index contributed by atoms with van der Waals surface area (Å²) in [6.45, 7) is 8.81. The highest BCUT2D eigenvalue weighted by atomic mass is 16.2. The molecule has 2 aliphatic rings. The van der Waals surface area contributed by atoms with E-state index in [1.165, 1.54) is 32.1 Å². The Balaban J connectivity index is 2.16. The third kappa shape index (κ3) is 3.58. The number of carbonyl (C=O) groups is 2. The van der Waals surface area contributed by atoms with Gasteiger partial charge in [0.05, 0.1) is 0 Å². The van der Waals surface area contributed by atoms with Crippen LogP contribution in [0.15, 0.2) is 0 Å². The van der Waals surface area contributed by atoms with E-state index in [0.29, 0.717) is 5.92 Å². The van der Waals surface area contributed by atoms with E-state index in [0.717, 1.165) is 6.54 Å². The van der Waals surface area contributed by atoms with E-state index < -0.39 is 0 Å². The quantitative estimate of drug-likeness (QED) is 0.866. The van der Waals surface area contributed by atoms with Crippen molar-refractivity contribution in [3.63, 3.8) is 0 Å². The van der Waals surface area contributed by atoms with E-state index in [-0.39, 0.29) is 35.7 Å². The summed E-state index contributed by atoms with van der Waals surface area (Å²) in [5.74, 6) is 1.02. The molecule has 1 aliphatic heterocycles. The van der Waals surface area contributed by atoms with Crippen LogP contribution >= 0.6 is 0 Å². The molecule has 1 saturated carbocycles. The van der Waals surface area contributed by atoms with Crippen molar-refractivity contribution in [3.05, 3.63) is 0 Å². The smallest absolute Gasteiger partial charge is 0.246 e. The number of nitrogens with zero attached hydrogens (tertiary/aromatic N) is 1. The number of carbonyl (C=O) groups excluding carboxylic acids is 2. The second-order valence-electron chi connectivity index (χ2n) is 7.41. The highest BCUT2D eigenvalue weighted by molar-refractivity contribution is 5.97. The van der Waals surface area contributed by atoms with Gasteiger partial charge in [-0.3, -0.25) is 9.59 Å². The number of amides is 2. The first-order valence-electron chi connectivity index (χ1n) is 8.52. The third-order valence-corrected chi connectivity index (χ3v) is 4.93. The van der Waals surface area contributed by atoms with Gasteiger partial charge in [-0.1, -0.05) is 47.0 Å². The second-order valence-corrected chi connectivity index (χ2v) is 7.41. The maximum Gasteiger partial charge on any atom is 0.246 e. The minimum Gasteiger partial charge on any atom is -0.342 e. The first kappa shape index (κ1) is 16.3. The summed E-state index contributed by atoms with van der Waals surface area (Å²) in [4.78, 5) is 27.1. The van der Waals surface area contributed by atoms with E-state index in [1.807, 2.05) is 32.6 Å². The molecule has 0 aromatic carbocycles. The van der Waals surface area contributed by atoms with Crippen molar-refractivity contribution in [1.82, 2.24) is 10.2 Å². The molecule has 21 heavy (non-hydrogen) atoms. The monoisotopic (exact) mass is 294 g/mol. The molecule has 4 heteroatoms. The standard InChI is InChI=1S/C17H30N2O2/c1-11(2)14-17(21)19(10-13-8-6-5-7-9-13)15(12(3)4)16(20)18-14/h11-15H,5-10H2,1-4H3,(H,18,20). The van der Waals surface area contributed by atoms with Gasteiger partial charge < -0.3 is 10.2 Å². The molecule has 0 bridgehead atoms. The lowest BCUT2D eigenvalue weighted by Crippen LogP contribution is -2.66. The topological polar surface area (TPSA) is 49.4 Å². The van der Waals surface area contributed by atoms with E-state index in [2.05, 4.69) is 5.32 Å². The van der Waals surface area contributed by atoms with Crippen molar-refractivity contribution in [3.8, 4) is 0 Å². The van der Waals surface area contributed by atoms with E-state index in [9.17, 15) is 9.59 Å². The average Bonchev–Trinajstić information content (AvgIpc) is 2.43. The Labute approximate surface area is 128 Å². The number of hydrogen-bond donors (Lipinski definition) is 1. The summed E-state index contributed by atoms with van der Waals surface area (Å²) in [5.41, 5.74) is 0. The highest BCUT2D eigenvalue weighted by Gasteiger charge is 2.43. The Bertz CT molecular complexity index is 386. The van der Waals surface area contributed by atoms with Crippen molar-refractivity contribution in [1.29, 1.82) is 0 Å². The molecule has 2 rings (SSSR count). The molecule has 1 N–H and O–H groups in total. The molecule has 0 radical (unpaired) electrons. The second kappa shape index (κ2) is 6.80. The maximum absolute atomic E-state index is 12.8. The SMILES string of the molecule is CC(C)C1NC(=O)C(C(C)C)N(CC2CCCCC2)C1=O. The van der Waals surface area contributed by atoms with Gasteiger partial charge in [-0.05, 0) is 30.6 Å². The molecule has 4 nitrogen and oxygen atoms in total. The van der Waals surface area contributed by atoms with Crippen molar-refractivity contribution in [2.75, 3.05) is 6.54 Å². The molecule has 120 valence electrons. The summed E-state index contributed by atoms with van der Waals surface area (Å²) in [5, 5.41) is 2.93. The van der Waals surface area contributed by atoms with Crippen molar-refractivity contribution in [2.24, 2.45) is 17.8 Å². The summed E-state index contributed by atoms with van der Waals surface area (Å²) < 4.78 is 0. The van der Waals surface area contributed by atoms with Gasteiger partial charge in [-0.2, -0.15) is 0 Å². The summed E-state index contributed by atoms with van der Waals surface area (Å²) in [7, 11) is 0. The Morgan fingerprint density at radius 2 is 1.67 bits per heavy atom. The Morgan fingerprint density at radius 3 is 2.19 bits per heavy atom. The lowest BCUT2D eigenvalue weighted by molar-refractivity contribution is -0.153. The highest BCUT2D eigenvalue weighted by Crippen LogP contribution is 2.28. The third-order valence-electron chi connectivity index (χ3n) is 4.93. The van der Waals surface area contributed by atoms with Crippen LogP contribution in [0, 0.1) is 17.8 Å². The fraction of sp³-hybridized carbons (Fsp3) is 0.882. The number of rotatable bonds is 4. The molecular formula is C17H30N2O2. The van der Waals surface area contributed by atoms with Gasteiger partial charge in [-0.25, -0.2) is 0 Å². The Kier molecular flexibility index (Phi) is 5.28. The van der Waals surface area contributed by atoms with Crippen LogP contribution in [-0.4, -0.2) is 35.3 Å². The molecular weight excluding hydrogens is 264 g/mol. The molecule has 2 fully saturated rings. The first-order valence-corrected chi connectivity index (χ1v) is 8.52. The zero-order valence-electron chi connectivity index (χ0n) is 13.9. The van der Waals surface area contributed by atoms with Gasteiger partial charge >= 0.3 is 0 Å². The van der Waals surface area contributed by atoms with Gasteiger partial charge in [0.15, 0.2) is 0 Å². The van der Waals surface area contributed by atoms with Gasteiger partial charge in [0.1, 0.15) is 12.1 Å². The van der Waals surface area contributed by atoms with Crippen LogP contribution in [0.4, 0.5) is 0 Å². The molecule has 1 heterocycles.